The highest BCUT2D eigenvalue weighted by Crippen LogP contribution is 2.26. The van der Waals surface area contributed by atoms with Crippen molar-refractivity contribution in [1.82, 2.24) is 4.68 Å². The molecule has 1 heterocycles. The maximum Gasteiger partial charge on any atom is 0.271 e. The Balaban J connectivity index is 2.17. The minimum Gasteiger partial charge on any atom is -0.496 e. The number of benzene rings is 2. The van der Waals surface area contributed by atoms with Gasteiger partial charge in [-0.25, -0.2) is 4.68 Å². The maximum atomic E-state index is 12.1. The van der Waals surface area contributed by atoms with Crippen molar-refractivity contribution in [3.63, 3.8) is 0 Å². The number of hydrogen-bond acceptors (Lipinski definition) is 3. The van der Waals surface area contributed by atoms with Crippen LogP contribution in [-0.4, -0.2) is 18.0 Å². The van der Waals surface area contributed by atoms with Crippen LogP contribution in [0, 0.1) is 13.8 Å². The van der Waals surface area contributed by atoms with Crippen LogP contribution >= 0.6 is 0 Å². The van der Waals surface area contributed by atoms with Crippen LogP contribution in [0.2, 0.25) is 0 Å². The van der Waals surface area contributed by atoms with Crippen molar-refractivity contribution in [2.24, 2.45) is 5.10 Å². The second-order valence-electron chi connectivity index (χ2n) is 5.47. The minimum atomic E-state index is -0.141. The number of fused-ring (bicyclic) bond motifs is 1. The molecule has 4 nitrogen and oxygen atoms in total. The maximum absolute atomic E-state index is 12.1. The molecule has 23 heavy (non-hydrogen) atoms. The number of nitrogens with zero attached hydrogens (tertiary/aromatic N) is 2. The molecule has 0 saturated heterocycles. The summed E-state index contributed by atoms with van der Waals surface area (Å²) in [7, 11) is 1.63. The van der Waals surface area contributed by atoms with Gasteiger partial charge in [0.15, 0.2) is 0 Å². The first-order valence-electron chi connectivity index (χ1n) is 7.40. The lowest BCUT2D eigenvalue weighted by molar-refractivity contribution is 0.415. The molecule has 3 rings (SSSR count). The first-order valence-corrected chi connectivity index (χ1v) is 7.40. The molecule has 0 N–H and O–H groups in total. The topological polar surface area (TPSA) is 43.6 Å². The summed E-state index contributed by atoms with van der Waals surface area (Å²) in [6.07, 6.45) is 1.69. The number of aromatic nitrogens is 1. The Labute approximate surface area is 134 Å². The average Bonchev–Trinajstić information content (AvgIpc) is 2.53. The molecule has 0 saturated carbocycles. The van der Waals surface area contributed by atoms with Gasteiger partial charge in [0.2, 0.25) is 0 Å². The predicted octanol–water partition coefficient (Wildman–Crippen LogP) is 3.51. The van der Waals surface area contributed by atoms with E-state index in [1.807, 2.05) is 56.3 Å². The molecule has 0 aliphatic heterocycles. The van der Waals surface area contributed by atoms with Crippen molar-refractivity contribution in [3.8, 4) is 5.75 Å². The highest BCUT2D eigenvalue weighted by Gasteiger charge is 2.06. The van der Waals surface area contributed by atoms with Crippen LogP contribution < -0.4 is 10.3 Å². The second-order valence-corrected chi connectivity index (χ2v) is 5.47. The quantitative estimate of drug-likeness (QED) is 0.695. The largest absolute Gasteiger partial charge is 0.496 e. The van der Waals surface area contributed by atoms with Gasteiger partial charge in [-0.3, -0.25) is 4.79 Å². The molecule has 0 aliphatic carbocycles. The molecule has 0 atom stereocenters. The van der Waals surface area contributed by atoms with Gasteiger partial charge in [0.1, 0.15) is 5.75 Å². The molecule has 0 fully saturated rings. The molecule has 2 aromatic carbocycles. The summed E-state index contributed by atoms with van der Waals surface area (Å²) < 4.78 is 6.84. The summed E-state index contributed by atoms with van der Waals surface area (Å²) in [5, 5.41) is 6.51. The summed E-state index contributed by atoms with van der Waals surface area (Å²) in [6, 6.07) is 15.4. The van der Waals surface area contributed by atoms with Gasteiger partial charge in [-0.05, 0) is 42.3 Å². The Hall–Kier alpha value is -2.88. The van der Waals surface area contributed by atoms with Crippen LogP contribution in [-0.2, 0) is 0 Å². The van der Waals surface area contributed by atoms with Crippen molar-refractivity contribution < 1.29 is 4.74 Å². The monoisotopic (exact) mass is 306 g/mol. The Kier molecular flexibility index (Phi) is 3.98. The zero-order chi connectivity index (χ0) is 16.4. The standard InChI is InChI=1S/C19H18N2O2/c1-13-10-14(2)21(19(22)11-13)20-12-17-16-7-5-4-6-15(16)8-9-18(17)23-3/h4-12H,1-3H3/b20-12+. The average molecular weight is 306 g/mol. The molecule has 0 aliphatic rings. The third kappa shape index (κ3) is 2.88. The number of hydrogen-bond donors (Lipinski definition) is 0. The summed E-state index contributed by atoms with van der Waals surface area (Å²) in [5.41, 5.74) is 2.45. The van der Waals surface area contributed by atoms with Crippen LogP contribution in [0.15, 0.2) is 58.4 Å². The molecular formula is C19H18N2O2. The highest BCUT2D eigenvalue weighted by atomic mass is 16.5. The SMILES string of the molecule is COc1ccc2ccccc2c1/C=N/n1c(C)cc(C)cc1=O. The minimum absolute atomic E-state index is 0.141. The van der Waals surface area contributed by atoms with Gasteiger partial charge < -0.3 is 4.74 Å². The molecular weight excluding hydrogens is 288 g/mol. The van der Waals surface area contributed by atoms with E-state index in [9.17, 15) is 4.79 Å². The second kappa shape index (κ2) is 6.08. The molecule has 0 radical (unpaired) electrons. The van der Waals surface area contributed by atoms with Gasteiger partial charge in [0, 0.05) is 17.3 Å². The van der Waals surface area contributed by atoms with Gasteiger partial charge in [-0.15, -0.1) is 0 Å². The van der Waals surface area contributed by atoms with Crippen molar-refractivity contribution in [2.75, 3.05) is 7.11 Å². The lowest BCUT2D eigenvalue weighted by atomic mass is 10.0. The number of methoxy groups -OCH3 is 1. The van der Waals surface area contributed by atoms with E-state index in [1.54, 1.807) is 19.4 Å². The Morgan fingerprint density at radius 3 is 2.61 bits per heavy atom. The summed E-state index contributed by atoms with van der Waals surface area (Å²) in [4.78, 5) is 12.1. The molecule has 0 bridgehead atoms. The lowest BCUT2D eigenvalue weighted by Crippen LogP contribution is -2.18. The zero-order valence-electron chi connectivity index (χ0n) is 13.4. The smallest absolute Gasteiger partial charge is 0.271 e. The van der Waals surface area contributed by atoms with E-state index in [0.717, 1.165) is 33.3 Å². The normalized spacial score (nSPS) is 11.3. The van der Waals surface area contributed by atoms with E-state index in [4.69, 9.17) is 4.74 Å². The molecule has 116 valence electrons. The van der Waals surface area contributed by atoms with E-state index in [0.29, 0.717) is 0 Å². The fourth-order valence-electron chi connectivity index (χ4n) is 2.71. The van der Waals surface area contributed by atoms with Gasteiger partial charge in [0.05, 0.1) is 13.3 Å². The van der Waals surface area contributed by atoms with Crippen LogP contribution in [0.3, 0.4) is 0 Å². The molecule has 0 amide bonds. The van der Waals surface area contributed by atoms with Crippen molar-refractivity contribution >= 4 is 17.0 Å². The Bertz CT molecular complexity index is 955. The summed E-state index contributed by atoms with van der Waals surface area (Å²) in [6.45, 7) is 3.77. The van der Waals surface area contributed by atoms with Gasteiger partial charge in [-0.2, -0.15) is 5.10 Å². The van der Waals surface area contributed by atoms with E-state index < -0.39 is 0 Å². The number of pyridine rings is 1. The van der Waals surface area contributed by atoms with Crippen LogP contribution in [0.5, 0.6) is 5.75 Å². The van der Waals surface area contributed by atoms with Crippen LogP contribution in [0.1, 0.15) is 16.8 Å². The van der Waals surface area contributed by atoms with Crippen molar-refractivity contribution in [3.05, 3.63) is 75.7 Å². The van der Waals surface area contributed by atoms with Gasteiger partial charge >= 0.3 is 0 Å². The Morgan fingerprint density at radius 1 is 1.09 bits per heavy atom. The summed E-state index contributed by atoms with van der Waals surface area (Å²) in [5.74, 6) is 0.727. The number of rotatable bonds is 3. The zero-order valence-corrected chi connectivity index (χ0v) is 13.4. The molecule has 4 heteroatoms. The lowest BCUT2D eigenvalue weighted by Gasteiger charge is -2.09. The summed E-state index contributed by atoms with van der Waals surface area (Å²) >= 11 is 0. The van der Waals surface area contributed by atoms with E-state index in [1.165, 1.54) is 4.68 Å². The highest BCUT2D eigenvalue weighted by molar-refractivity contribution is 6.02. The molecule has 3 aromatic rings. The molecule has 1 aromatic heterocycles. The Morgan fingerprint density at radius 2 is 1.87 bits per heavy atom. The van der Waals surface area contributed by atoms with Crippen LogP contribution in [0.25, 0.3) is 10.8 Å². The van der Waals surface area contributed by atoms with Crippen LogP contribution in [0.4, 0.5) is 0 Å². The van der Waals surface area contributed by atoms with Gasteiger partial charge in [-0.1, -0.05) is 30.3 Å². The van der Waals surface area contributed by atoms with Crippen molar-refractivity contribution in [2.45, 2.75) is 13.8 Å². The van der Waals surface area contributed by atoms with E-state index in [-0.39, 0.29) is 5.56 Å². The van der Waals surface area contributed by atoms with E-state index >= 15 is 0 Å². The third-order valence-corrected chi connectivity index (χ3v) is 3.78. The molecule has 0 spiro atoms. The van der Waals surface area contributed by atoms with E-state index in [2.05, 4.69) is 5.10 Å². The first-order chi connectivity index (χ1) is 11.1. The number of aryl methyl sites for hydroxylation is 2. The first kappa shape index (κ1) is 15.0. The predicted molar refractivity (Wildman–Crippen MR) is 93.7 cm³/mol. The molecule has 0 unspecified atom stereocenters. The third-order valence-electron chi connectivity index (χ3n) is 3.78. The number of ether oxygens (including phenoxy) is 1. The van der Waals surface area contributed by atoms with Crippen molar-refractivity contribution in [1.29, 1.82) is 0 Å². The van der Waals surface area contributed by atoms with Gasteiger partial charge in [0.25, 0.3) is 5.56 Å². The fraction of sp³-hybridized carbons (Fsp3) is 0.158. The fourth-order valence-corrected chi connectivity index (χ4v) is 2.71.